The first-order chi connectivity index (χ1) is 16.0. The van der Waals surface area contributed by atoms with Crippen molar-refractivity contribution in [3.8, 4) is 0 Å². The van der Waals surface area contributed by atoms with Gasteiger partial charge in [0.05, 0.1) is 24.6 Å². The Morgan fingerprint density at radius 1 is 1.26 bits per heavy atom. The van der Waals surface area contributed by atoms with E-state index in [0.717, 1.165) is 13.1 Å². The molecule has 0 amide bonds. The number of fused-ring (bicyclic) bond motifs is 2. The van der Waals surface area contributed by atoms with Crippen molar-refractivity contribution in [1.82, 2.24) is 19.6 Å². The number of hydrogen-bond acceptors (Lipinski definition) is 8. The molecular weight excluding hydrogens is 515 g/mol. The van der Waals surface area contributed by atoms with Crippen molar-refractivity contribution >= 4 is 38.3 Å². The first-order valence-corrected chi connectivity index (χ1v) is 14.7. The number of hydrogen-bond donors (Lipinski definition) is 3. The van der Waals surface area contributed by atoms with Crippen molar-refractivity contribution in [1.29, 1.82) is 0 Å². The van der Waals surface area contributed by atoms with E-state index >= 15 is 4.39 Å². The van der Waals surface area contributed by atoms with E-state index in [1.54, 1.807) is 0 Å². The van der Waals surface area contributed by atoms with Gasteiger partial charge in [-0.25, -0.2) is 13.9 Å². The molecule has 3 unspecified atom stereocenters. The SMILES string of the molecule is CO[C@H](COP(=O)(O)CP(=O)(O)O)C[C@H](F)c1cnc2c(N3CC4CCCC4C3)nc(Cl)nn12. The highest BCUT2D eigenvalue weighted by molar-refractivity contribution is 7.70. The van der Waals surface area contributed by atoms with Gasteiger partial charge in [0.15, 0.2) is 17.4 Å². The van der Waals surface area contributed by atoms with E-state index in [0.29, 0.717) is 23.3 Å². The van der Waals surface area contributed by atoms with Gasteiger partial charge < -0.3 is 28.8 Å². The molecule has 5 atom stereocenters. The molecule has 0 radical (unpaired) electrons. The fourth-order valence-electron chi connectivity index (χ4n) is 4.75. The summed E-state index contributed by atoms with van der Waals surface area (Å²) in [5.41, 5.74) is 0.484. The Morgan fingerprint density at radius 3 is 2.56 bits per heavy atom. The lowest BCUT2D eigenvalue weighted by atomic mass is 10.0. The molecule has 16 heteroatoms. The molecule has 190 valence electrons. The monoisotopic (exact) mass is 541 g/mol. The highest BCUT2D eigenvalue weighted by Gasteiger charge is 2.38. The van der Waals surface area contributed by atoms with Crippen molar-refractivity contribution in [2.24, 2.45) is 11.8 Å². The summed E-state index contributed by atoms with van der Waals surface area (Å²) in [4.78, 5) is 38.2. The molecule has 0 spiro atoms. The zero-order valence-electron chi connectivity index (χ0n) is 18.4. The second kappa shape index (κ2) is 10.1. The number of anilines is 1. The van der Waals surface area contributed by atoms with Crippen LogP contribution in [0.15, 0.2) is 6.20 Å². The minimum Gasteiger partial charge on any atom is -0.379 e. The fraction of sp³-hybridized carbons (Fsp3) is 0.722. The van der Waals surface area contributed by atoms with Crippen molar-refractivity contribution in [2.75, 3.05) is 37.6 Å². The lowest BCUT2D eigenvalue weighted by Gasteiger charge is -2.20. The summed E-state index contributed by atoms with van der Waals surface area (Å²) in [5.74, 6) is 0.428. The van der Waals surface area contributed by atoms with Crippen LogP contribution in [0, 0.1) is 11.8 Å². The van der Waals surface area contributed by atoms with Crippen LogP contribution in [0.25, 0.3) is 5.65 Å². The molecule has 3 heterocycles. The first kappa shape index (κ1) is 25.9. The number of ether oxygens (including phenoxy) is 1. The topological polar surface area (TPSA) is 160 Å². The Hall–Kier alpha value is -1.17. The third-order valence-electron chi connectivity index (χ3n) is 6.32. The molecule has 1 aliphatic carbocycles. The summed E-state index contributed by atoms with van der Waals surface area (Å²) in [6.45, 7) is 1.14. The summed E-state index contributed by atoms with van der Waals surface area (Å²) in [5, 5.41) is 4.07. The van der Waals surface area contributed by atoms with Crippen LogP contribution < -0.4 is 4.90 Å². The second-order valence-corrected chi connectivity index (χ2v) is 13.1. The number of halogens is 2. The lowest BCUT2D eigenvalue weighted by molar-refractivity contribution is 0.0302. The molecule has 1 aliphatic heterocycles. The average Bonchev–Trinajstić information content (AvgIpc) is 3.42. The van der Waals surface area contributed by atoms with E-state index in [9.17, 15) is 14.0 Å². The molecule has 0 bridgehead atoms. The van der Waals surface area contributed by atoms with E-state index < -0.39 is 40.0 Å². The van der Waals surface area contributed by atoms with Gasteiger partial charge in [0.25, 0.3) is 0 Å². The Balaban J connectivity index is 1.48. The molecular formula is C18H27ClFN5O7P2. The van der Waals surface area contributed by atoms with Crippen LogP contribution in [0.4, 0.5) is 10.2 Å². The van der Waals surface area contributed by atoms with E-state index in [1.807, 2.05) is 0 Å². The van der Waals surface area contributed by atoms with Crippen molar-refractivity contribution in [2.45, 2.75) is 38.0 Å². The smallest absolute Gasteiger partial charge is 0.340 e. The second-order valence-electron chi connectivity index (χ2n) is 8.78. The predicted molar refractivity (Wildman–Crippen MR) is 121 cm³/mol. The lowest BCUT2D eigenvalue weighted by Crippen LogP contribution is -2.24. The minimum absolute atomic E-state index is 0.0451. The molecule has 2 fully saturated rings. The number of nitrogens with zero attached hydrogens (tertiary/aromatic N) is 5. The van der Waals surface area contributed by atoms with E-state index in [1.165, 1.54) is 37.1 Å². The van der Waals surface area contributed by atoms with Crippen LogP contribution in [0.5, 0.6) is 0 Å². The number of alkyl halides is 1. The number of aromatic nitrogens is 4. The molecule has 4 rings (SSSR count). The maximum absolute atomic E-state index is 15.3. The minimum atomic E-state index is -4.77. The molecule has 2 aromatic heterocycles. The Labute approximate surface area is 200 Å². The Morgan fingerprint density at radius 2 is 1.94 bits per heavy atom. The summed E-state index contributed by atoms with van der Waals surface area (Å²) in [7, 11) is -8.09. The van der Waals surface area contributed by atoms with Gasteiger partial charge in [-0.2, -0.15) is 4.98 Å². The molecule has 2 aliphatic rings. The fourth-order valence-corrected chi connectivity index (χ4v) is 7.49. The molecule has 12 nitrogen and oxygen atoms in total. The summed E-state index contributed by atoms with van der Waals surface area (Å²) < 4.78 is 49.3. The van der Waals surface area contributed by atoms with Gasteiger partial charge in [-0.3, -0.25) is 9.13 Å². The molecule has 1 saturated heterocycles. The number of imidazole rings is 1. The van der Waals surface area contributed by atoms with Crippen LogP contribution in [0.1, 0.15) is 37.5 Å². The summed E-state index contributed by atoms with van der Waals surface area (Å²) >= 11 is 6.15. The van der Waals surface area contributed by atoms with Crippen LogP contribution in [-0.2, 0) is 18.4 Å². The zero-order chi connectivity index (χ0) is 24.7. The van der Waals surface area contributed by atoms with E-state index in [4.69, 9.17) is 30.6 Å². The standard InChI is InChI=1S/C18H27ClFN5O7P2/c1-31-13(9-32-34(29,30)10-33(26,27)28)5-14(20)15-6-21-16-17(22-18(19)23-25(15)16)24-7-11-3-2-4-12(11)8-24/h6,11-14H,2-5,7-10H2,1H3,(H,29,30)(H2,26,27,28)/t11?,12?,13-,14-/m0/s1. The molecule has 2 aromatic rings. The quantitative estimate of drug-likeness (QED) is 0.379. The molecule has 1 saturated carbocycles. The zero-order valence-corrected chi connectivity index (χ0v) is 20.9. The normalized spacial score (nSPS) is 24.4. The van der Waals surface area contributed by atoms with Crippen LogP contribution in [0.2, 0.25) is 5.28 Å². The van der Waals surface area contributed by atoms with Gasteiger partial charge in [0.2, 0.25) is 5.28 Å². The van der Waals surface area contributed by atoms with Gasteiger partial charge in [0.1, 0.15) is 6.17 Å². The molecule has 3 N–H and O–H groups in total. The first-order valence-electron chi connectivity index (χ1n) is 10.8. The Kier molecular flexibility index (Phi) is 7.67. The Bertz CT molecular complexity index is 1120. The van der Waals surface area contributed by atoms with Gasteiger partial charge in [-0.05, 0) is 36.3 Å². The predicted octanol–water partition coefficient (Wildman–Crippen LogP) is 2.77. The number of methoxy groups -OCH3 is 1. The third kappa shape index (κ3) is 5.96. The van der Waals surface area contributed by atoms with Crippen LogP contribution in [-0.4, -0.2) is 73.1 Å². The van der Waals surface area contributed by atoms with E-state index in [2.05, 4.69) is 20.0 Å². The third-order valence-corrected chi connectivity index (χ3v) is 9.94. The highest BCUT2D eigenvalue weighted by Crippen LogP contribution is 2.55. The van der Waals surface area contributed by atoms with Crippen molar-refractivity contribution in [3.05, 3.63) is 17.2 Å². The average molecular weight is 542 g/mol. The van der Waals surface area contributed by atoms with Crippen molar-refractivity contribution in [3.63, 3.8) is 0 Å². The van der Waals surface area contributed by atoms with E-state index in [-0.39, 0.29) is 17.4 Å². The highest BCUT2D eigenvalue weighted by atomic mass is 35.5. The van der Waals surface area contributed by atoms with Gasteiger partial charge in [-0.1, -0.05) is 6.42 Å². The summed E-state index contributed by atoms with van der Waals surface area (Å²) in [6.07, 6.45) is 2.01. The maximum Gasteiger partial charge on any atom is 0.340 e. The number of rotatable bonds is 10. The maximum atomic E-state index is 15.3. The van der Waals surface area contributed by atoms with Crippen molar-refractivity contribution < 1.29 is 37.5 Å². The molecule has 0 aromatic carbocycles. The van der Waals surface area contributed by atoms with Crippen LogP contribution in [0.3, 0.4) is 0 Å². The largest absolute Gasteiger partial charge is 0.379 e. The molecule has 34 heavy (non-hydrogen) atoms. The van der Waals surface area contributed by atoms with Crippen LogP contribution >= 0.6 is 26.8 Å². The summed E-state index contributed by atoms with van der Waals surface area (Å²) in [6, 6.07) is 0. The van der Waals surface area contributed by atoms with Gasteiger partial charge in [-0.15, -0.1) is 5.10 Å². The van der Waals surface area contributed by atoms with Gasteiger partial charge >= 0.3 is 15.2 Å². The van der Waals surface area contributed by atoms with Gasteiger partial charge in [0, 0.05) is 26.6 Å².